The monoisotopic (exact) mass is 378 g/mol. The lowest BCUT2D eigenvalue weighted by Gasteiger charge is -2.36. The van der Waals surface area contributed by atoms with Crippen LogP contribution in [0.1, 0.15) is 36.8 Å². The molecule has 1 aliphatic carbocycles. The number of piperazine rings is 1. The Morgan fingerprint density at radius 2 is 1.68 bits per heavy atom. The maximum absolute atomic E-state index is 13.3. The van der Waals surface area contributed by atoms with E-state index in [0.717, 1.165) is 38.5 Å². The second kappa shape index (κ2) is 8.78. The van der Waals surface area contributed by atoms with E-state index >= 15 is 0 Å². The van der Waals surface area contributed by atoms with Crippen molar-refractivity contribution in [1.82, 2.24) is 9.80 Å². The van der Waals surface area contributed by atoms with Gasteiger partial charge in [0.15, 0.2) is 0 Å². The van der Waals surface area contributed by atoms with Gasteiger partial charge in [0, 0.05) is 38.3 Å². The number of ether oxygens (including phenoxy) is 1. The van der Waals surface area contributed by atoms with Gasteiger partial charge in [-0.05, 0) is 37.3 Å². The molecular weight excluding hydrogens is 348 g/mol. The lowest BCUT2D eigenvalue weighted by Crippen LogP contribution is -2.49. The summed E-state index contributed by atoms with van der Waals surface area (Å²) in [6.07, 6.45) is 2.36. The van der Waals surface area contributed by atoms with Crippen molar-refractivity contribution in [3.8, 4) is 5.75 Å². The normalized spacial score (nSPS) is 18.7. The van der Waals surface area contributed by atoms with E-state index in [9.17, 15) is 4.79 Å². The molecule has 4 rings (SSSR count). The Labute approximate surface area is 168 Å². The highest BCUT2D eigenvalue weighted by molar-refractivity contribution is 5.84. The van der Waals surface area contributed by atoms with Gasteiger partial charge < -0.3 is 9.64 Å². The van der Waals surface area contributed by atoms with Crippen LogP contribution in [0.15, 0.2) is 54.6 Å². The Morgan fingerprint density at radius 1 is 1.00 bits per heavy atom. The number of benzene rings is 2. The molecule has 0 radical (unpaired) electrons. The van der Waals surface area contributed by atoms with Gasteiger partial charge in [0.25, 0.3) is 0 Å². The summed E-state index contributed by atoms with van der Waals surface area (Å²) in [7, 11) is 0. The van der Waals surface area contributed by atoms with Crippen LogP contribution < -0.4 is 4.74 Å². The van der Waals surface area contributed by atoms with Crippen LogP contribution in [-0.4, -0.2) is 48.5 Å². The molecule has 1 amide bonds. The quantitative estimate of drug-likeness (QED) is 0.732. The summed E-state index contributed by atoms with van der Waals surface area (Å²) in [5.41, 5.74) is 2.41. The van der Waals surface area contributed by atoms with Crippen molar-refractivity contribution >= 4 is 5.91 Å². The molecular formula is C24H30N2O2. The van der Waals surface area contributed by atoms with Crippen molar-refractivity contribution in [2.24, 2.45) is 5.92 Å². The Morgan fingerprint density at radius 3 is 2.36 bits per heavy atom. The van der Waals surface area contributed by atoms with Crippen molar-refractivity contribution in [3.05, 3.63) is 65.7 Å². The van der Waals surface area contributed by atoms with Gasteiger partial charge >= 0.3 is 0 Å². The summed E-state index contributed by atoms with van der Waals surface area (Å²) in [5.74, 6) is 1.88. The molecule has 148 valence electrons. The molecule has 0 spiro atoms. The van der Waals surface area contributed by atoms with Gasteiger partial charge in [-0.1, -0.05) is 48.5 Å². The van der Waals surface area contributed by atoms with E-state index < -0.39 is 0 Å². The third-order valence-corrected chi connectivity index (χ3v) is 5.87. The predicted molar refractivity (Wildman–Crippen MR) is 111 cm³/mol. The van der Waals surface area contributed by atoms with E-state index in [1.807, 2.05) is 37.3 Å². The fraction of sp³-hybridized carbons (Fsp3) is 0.458. The van der Waals surface area contributed by atoms with Crippen LogP contribution in [0.5, 0.6) is 5.75 Å². The summed E-state index contributed by atoms with van der Waals surface area (Å²) < 4.78 is 5.76. The second-order valence-corrected chi connectivity index (χ2v) is 7.87. The zero-order valence-corrected chi connectivity index (χ0v) is 16.7. The molecule has 0 aromatic heterocycles. The summed E-state index contributed by atoms with van der Waals surface area (Å²) in [5, 5.41) is 0. The van der Waals surface area contributed by atoms with E-state index in [2.05, 4.69) is 34.1 Å². The number of carbonyl (C=O) groups is 1. The van der Waals surface area contributed by atoms with Crippen molar-refractivity contribution in [3.63, 3.8) is 0 Å². The molecule has 0 N–H and O–H groups in total. The minimum Gasteiger partial charge on any atom is -0.494 e. The zero-order chi connectivity index (χ0) is 19.3. The van der Waals surface area contributed by atoms with Gasteiger partial charge in [0.2, 0.25) is 5.91 Å². The van der Waals surface area contributed by atoms with Crippen LogP contribution in [-0.2, 0) is 11.3 Å². The zero-order valence-electron chi connectivity index (χ0n) is 16.7. The number of hydrogen-bond acceptors (Lipinski definition) is 3. The third kappa shape index (κ3) is 4.39. The van der Waals surface area contributed by atoms with Crippen LogP contribution in [0.3, 0.4) is 0 Å². The van der Waals surface area contributed by atoms with E-state index in [1.54, 1.807) is 0 Å². The fourth-order valence-electron chi connectivity index (χ4n) is 4.20. The predicted octanol–water partition coefficient (Wildman–Crippen LogP) is 3.92. The Kier molecular flexibility index (Phi) is 5.96. The lowest BCUT2D eigenvalue weighted by molar-refractivity contribution is -0.135. The molecule has 1 heterocycles. The van der Waals surface area contributed by atoms with E-state index in [-0.39, 0.29) is 5.92 Å². The SMILES string of the molecule is CCOc1ccccc1CN1CCN(C(=O)C(c2ccccc2)C2CC2)CC1. The number of rotatable bonds is 7. The fourth-order valence-corrected chi connectivity index (χ4v) is 4.20. The van der Waals surface area contributed by atoms with Crippen molar-refractivity contribution in [2.75, 3.05) is 32.8 Å². The number of amides is 1. The van der Waals surface area contributed by atoms with Crippen LogP contribution in [0.2, 0.25) is 0 Å². The van der Waals surface area contributed by atoms with Gasteiger partial charge in [-0.15, -0.1) is 0 Å². The van der Waals surface area contributed by atoms with Crippen LogP contribution in [0, 0.1) is 5.92 Å². The second-order valence-electron chi connectivity index (χ2n) is 7.87. The topological polar surface area (TPSA) is 32.8 Å². The standard InChI is InChI=1S/C24H30N2O2/c1-2-28-22-11-7-6-10-21(22)18-25-14-16-26(17-15-25)24(27)23(20-12-13-20)19-8-4-3-5-9-19/h3-11,20,23H,2,12-18H2,1H3. The number of carbonyl (C=O) groups excluding carboxylic acids is 1. The molecule has 4 heteroatoms. The molecule has 1 saturated heterocycles. The molecule has 4 nitrogen and oxygen atoms in total. The first kappa shape index (κ1) is 19.0. The molecule has 1 aliphatic heterocycles. The summed E-state index contributed by atoms with van der Waals surface area (Å²) in [6.45, 7) is 7.03. The van der Waals surface area contributed by atoms with Gasteiger partial charge in [0.1, 0.15) is 5.75 Å². The Bertz CT molecular complexity index is 780. The van der Waals surface area contributed by atoms with Gasteiger partial charge in [-0.25, -0.2) is 0 Å². The summed E-state index contributed by atoms with van der Waals surface area (Å²) in [4.78, 5) is 17.8. The lowest BCUT2D eigenvalue weighted by atomic mass is 9.92. The van der Waals surface area contributed by atoms with Gasteiger partial charge in [-0.2, -0.15) is 0 Å². The number of nitrogens with zero attached hydrogens (tertiary/aromatic N) is 2. The molecule has 1 saturated carbocycles. The molecule has 2 aromatic carbocycles. The first-order valence-corrected chi connectivity index (χ1v) is 10.5. The number of para-hydroxylation sites is 1. The molecule has 28 heavy (non-hydrogen) atoms. The van der Waals surface area contributed by atoms with Crippen molar-refractivity contribution in [2.45, 2.75) is 32.2 Å². The van der Waals surface area contributed by atoms with E-state index in [0.29, 0.717) is 18.4 Å². The first-order chi connectivity index (χ1) is 13.8. The van der Waals surface area contributed by atoms with Crippen molar-refractivity contribution in [1.29, 1.82) is 0 Å². The minimum absolute atomic E-state index is 0.0476. The molecule has 2 aromatic rings. The molecule has 0 bridgehead atoms. The van der Waals surface area contributed by atoms with Crippen LogP contribution in [0.4, 0.5) is 0 Å². The maximum atomic E-state index is 13.3. The average molecular weight is 379 g/mol. The average Bonchev–Trinajstić information content (AvgIpc) is 3.56. The minimum atomic E-state index is 0.0476. The van der Waals surface area contributed by atoms with E-state index in [4.69, 9.17) is 4.74 Å². The highest BCUT2D eigenvalue weighted by atomic mass is 16.5. The largest absolute Gasteiger partial charge is 0.494 e. The highest BCUT2D eigenvalue weighted by Gasteiger charge is 2.39. The Balaban J connectivity index is 1.37. The van der Waals surface area contributed by atoms with Gasteiger partial charge in [0.05, 0.1) is 12.5 Å². The third-order valence-electron chi connectivity index (χ3n) is 5.87. The van der Waals surface area contributed by atoms with Crippen molar-refractivity contribution < 1.29 is 9.53 Å². The highest BCUT2D eigenvalue weighted by Crippen LogP contribution is 2.43. The summed E-state index contributed by atoms with van der Waals surface area (Å²) in [6, 6.07) is 18.6. The Hall–Kier alpha value is -2.33. The van der Waals surface area contributed by atoms with Crippen LogP contribution in [0.25, 0.3) is 0 Å². The van der Waals surface area contributed by atoms with Crippen LogP contribution >= 0.6 is 0 Å². The molecule has 2 aliphatic rings. The molecule has 2 fully saturated rings. The number of hydrogen-bond donors (Lipinski definition) is 0. The maximum Gasteiger partial charge on any atom is 0.230 e. The molecule has 1 unspecified atom stereocenters. The van der Waals surface area contributed by atoms with E-state index in [1.165, 1.54) is 24.0 Å². The smallest absolute Gasteiger partial charge is 0.230 e. The molecule has 1 atom stereocenters. The van der Waals surface area contributed by atoms with Gasteiger partial charge in [-0.3, -0.25) is 9.69 Å². The summed E-state index contributed by atoms with van der Waals surface area (Å²) >= 11 is 0. The first-order valence-electron chi connectivity index (χ1n) is 10.5.